The first kappa shape index (κ1) is 22.9. The fraction of sp³-hybridized carbons (Fsp3) is 0.588. The second-order valence-electron chi connectivity index (χ2n) is 6.26. The van der Waals surface area contributed by atoms with Gasteiger partial charge in [0.25, 0.3) is 0 Å². The van der Waals surface area contributed by atoms with E-state index < -0.39 is 37.7 Å². The summed E-state index contributed by atoms with van der Waals surface area (Å²) in [5, 5.41) is -0.559. The third-order valence-electron chi connectivity index (χ3n) is 4.54. The fourth-order valence-corrected chi connectivity index (χ4v) is 4.77. The molecule has 1 aliphatic heterocycles. The Morgan fingerprint density at radius 2 is 1.82 bits per heavy atom. The predicted octanol–water partition coefficient (Wildman–Crippen LogP) is 3.01. The summed E-state index contributed by atoms with van der Waals surface area (Å²) in [6.45, 7) is 4.45. The fourth-order valence-electron chi connectivity index (χ4n) is 3.10. The molecule has 1 atom stereocenters. The highest BCUT2D eigenvalue weighted by molar-refractivity contribution is 7.89. The van der Waals surface area contributed by atoms with E-state index in [0.29, 0.717) is 12.5 Å². The van der Waals surface area contributed by atoms with Crippen LogP contribution in [0.4, 0.5) is 13.2 Å². The van der Waals surface area contributed by atoms with E-state index in [1.54, 1.807) is 6.92 Å². The summed E-state index contributed by atoms with van der Waals surface area (Å²) in [4.78, 5) is 13.4. The number of carbonyl (C=O) groups excluding carboxylic acids is 1. The number of halogens is 4. The van der Waals surface area contributed by atoms with Gasteiger partial charge in [0, 0.05) is 26.2 Å². The molecule has 1 heterocycles. The number of hydrogen-bond donors (Lipinski definition) is 0. The van der Waals surface area contributed by atoms with Crippen molar-refractivity contribution in [2.75, 3.05) is 32.8 Å². The number of rotatable bonds is 6. The second-order valence-corrected chi connectivity index (χ2v) is 8.60. The number of alkyl halides is 3. The van der Waals surface area contributed by atoms with E-state index in [0.717, 1.165) is 16.4 Å². The Hall–Kier alpha value is -1.36. The number of sulfonamides is 1. The highest BCUT2D eigenvalue weighted by Gasteiger charge is 2.37. The van der Waals surface area contributed by atoms with Crippen molar-refractivity contribution in [2.45, 2.75) is 37.4 Å². The minimum Gasteiger partial charge on any atom is -0.465 e. The lowest BCUT2D eigenvalue weighted by Crippen LogP contribution is -2.54. The van der Waals surface area contributed by atoms with E-state index >= 15 is 0 Å². The Balaban J connectivity index is 2.16. The molecular weight excluding hydrogens is 421 g/mol. The third-order valence-corrected chi connectivity index (χ3v) is 6.76. The zero-order valence-corrected chi connectivity index (χ0v) is 17.1. The third kappa shape index (κ3) is 4.97. The molecule has 0 saturated carbocycles. The Morgan fingerprint density at radius 3 is 2.32 bits per heavy atom. The molecule has 0 aliphatic carbocycles. The summed E-state index contributed by atoms with van der Waals surface area (Å²) in [5.74, 6) is -0.367. The Bertz CT molecular complexity index is 809. The summed E-state index contributed by atoms with van der Waals surface area (Å²) >= 11 is 5.56. The molecule has 1 aromatic rings. The van der Waals surface area contributed by atoms with Crippen molar-refractivity contribution in [3.63, 3.8) is 0 Å². The lowest BCUT2D eigenvalue weighted by Gasteiger charge is -2.37. The molecule has 1 saturated heterocycles. The van der Waals surface area contributed by atoms with Gasteiger partial charge in [0.15, 0.2) is 0 Å². The highest BCUT2D eigenvalue weighted by atomic mass is 35.5. The minimum absolute atomic E-state index is 0.0578. The summed E-state index contributed by atoms with van der Waals surface area (Å²) < 4.78 is 70.8. The van der Waals surface area contributed by atoms with Gasteiger partial charge in [0.2, 0.25) is 10.0 Å². The number of carbonyl (C=O) groups is 1. The molecule has 1 fully saturated rings. The monoisotopic (exact) mass is 442 g/mol. The minimum atomic E-state index is -4.75. The van der Waals surface area contributed by atoms with Crippen molar-refractivity contribution in [1.82, 2.24) is 9.21 Å². The van der Waals surface area contributed by atoms with Crippen molar-refractivity contribution in [1.29, 1.82) is 0 Å². The van der Waals surface area contributed by atoms with Crippen molar-refractivity contribution in [3.8, 4) is 0 Å². The number of hydrogen-bond acceptors (Lipinski definition) is 5. The molecule has 1 aliphatic rings. The van der Waals surface area contributed by atoms with E-state index in [-0.39, 0.29) is 38.8 Å². The lowest BCUT2D eigenvalue weighted by atomic mass is 10.1. The zero-order valence-electron chi connectivity index (χ0n) is 15.5. The maximum Gasteiger partial charge on any atom is 0.417 e. The van der Waals surface area contributed by atoms with Crippen LogP contribution in [0.2, 0.25) is 5.02 Å². The van der Waals surface area contributed by atoms with Crippen LogP contribution in [0.1, 0.15) is 25.8 Å². The molecule has 11 heteroatoms. The first-order valence-electron chi connectivity index (χ1n) is 8.80. The average molecular weight is 443 g/mol. The van der Waals surface area contributed by atoms with Gasteiger partial charge in [-0.15, -0.1) is 0 Å². The number of piperazine rings is 1. The smallest absolute Gasteiger partial charge is 0.417 e. The first-order chi connectivity index (χ1) is 13.0. The van der Waals surface area contributed by atoms with Crippen molar-refractivity contribution in [2.24, 2.45) is 0 Å². The number of benzene rings is 1. The average Bonchev–Trinajstić information content (AvgIpc) is 2.62. The van der Waals surface area contributed by atoms with Crippen LogP contribution in [0.5, 0.6) is 0 Å². The van der Waals surface area contributed by atoms with Gasteiger partial charge < -0.3 is 4.74 Å². The summed E-state index contributed by atoms with van der Waals surface area (Å²) in [5.41, 5.74) is -1.19. The number of ether oxygens (including phenoxy) is 1. The number of nitrogens with zero attached hydrogens (tertiary/aromatic N) is 2. The van der Waals surface area contributed by atoms with E-state index in [4.69, 9.17) is 16.3 Å². The molecule has 1 aromatic carbocycles. The van der Waals surface area contributed by atoms with E-state index in [1.165, 1.54) is 0 Å². The zero-order chi connectivity index (χ0) is 21.1. The van der Waals surface area contributed by atoms with Crippen LogP contribution in [0.25, 0.3) is 0 Å². The molecule has 0 N–H and O–H groups in total. The van der Waals surface area contributed by atoms with Crippen molar-refractivity contribution < 1.29 is 31.1 Å². The largest absolute Gasteiger partial charge is 0.465 e. The van der Waals surface area contributed by atoms with E-state index in [9.17, 15) is 26.4 Å². The summed E-state index contributed by atoms with van der Waals surface area (Å²) in [7, 11) is -4.12. The molecular formula is C17H22ClF3N2O4S. The molecule has 1 unspecified atom stereocenters. The lowest BCUT2D eigenvalue weighted by molar-refractivity contribution is -0.150. The molecule has 28 heavy (non-hydrogen) atoms. The maximum absolute atomic E-state index is 13.0. The van der Waals surface area contributed by atoms with Gasteiger partial charge >= 0.3 is 12.1 Å². The quantitative estimate of drug-likeness (QED) is 0.633. The molecule has 158 valence electrons. The topological polar surface area (TPSA) is 66.9 Å². The number of esters is 1. The van der Waals surface area contributed by atoms with Crippen molar-refractivity contribution in [3.05, 3.63) is 28.8 Å². The maximum atomic E-state index is 13.0. The van der Waals surface area contributed by atoms with Gasteiger partial charge in [0.05, 0.1) is 22.1 Å². The van der Waals surface area contributed by atoms with Crippen molar-refractivity contribution >= 4 is 27.6 Å². The summed E-state index contributed by atoms with van der Waals surface area (Å²) in [6.07, 6.45) is -4.24. The molecule has 6 nitrogen and oxygen atoms in total. The molecule has 0 radical (unpaired) electrons. The first-order valence-corrected chi connectivity index (χ1v) is 10.6. The van der Waals surface area contributed by atoms with Crippen LogP contribution in [0.15, 0.2) is 23.1 Å². The van der Waals surface area contributed by atoms with Gasteiger partial charge in [-0.3, -0.25) is 9.69 Å². The molecule has 0 bridgehead atoms. The normalized spacial score (nSPS) is 18.1. The molecule has 2 rings (SSSR count). The van der Waals surface area contributed by atoms with E-state index in [2.05, 4.69) is 0 Å². The Morgan fingerprint density at radius 1 is 1.21 bits per heavy atom. The van der Waals surface area contributed by atoms with Gasteiger partial charge in [-0.2, -0.15) is 17.5 Å². The predicted molar refractivity (Wildman–Crippen MR) is 97.5 cm³/mol. The highest BCUT2D eigenvalue weighted by Crippen LogP contribution is 2.36. The molecule has 0 spiro atoms. The van der Waals surface area contributed by atoms with Gasteiger partial charge in [-0.25, -0.2) is 8.42 Å². The van der Waals surface area contributed by atoms with Gasteiger partial charge in [-0.1, -0.05) is 18.5 Å². The van der Waals surface area contributed by atoms with Crippen LogP contribution in [-0.4, -0.2) is 62.4 Å². The van der Waals surface area contributed by atoms with Crippen LogP contribution < -0.4 is 0 Å². The SMILES string of the molecule is CCOC(=O)C(CC)N1CCN(S(=O)(=O)c2ccc(Cl)c(C(F)(F)F)c2)CC1. The van der Waals surface area contributed by atoms with Gasteiger partial charge in [-0.05, 0) is 31.5 Å². The van der Waals surface area contributed by atoms with Crippen LogP contribution in [0.3, 0.4) is 0 Å². The van der Waals surface area contributed by atoms with Crippen LogP contribution in [-0.2, 0) is 25.7 Å². The summed E-state index contributed by atoms with van der Waals surface area (Å²) in [6, 6.07) is 2.07. The van der Waals surface area contributed by atoms with E-state index in [1.807, 2.05) is 11.8 Å². The van der Waals surface area contributed by atoms with Gasteiger partial charge in [0.1, 0.15) is 6.04 Å². The second kappa shape index (κ2) is 8.98. The standard InChI is InChI=1S/C17H22ClF3N2O4S/c1-3-15(16(24)27-4-2)22-7-9-23(10-8-22)28(25,26)12-5-6-14(18)13(11-12)17(19,20)21/h5-6,11,15H,3-4,7-10H2,1-2H3. The Kier molecular flexibility index (Phi) is 7.35. The van der Waals surface area contributed by atoms with Crippen LogP contribution in [0, 0.1) is 0 Å². The molecule has 0 amide bonds. The van der Waals surface area contributed by atoms with Crippen LogP contribution >= 0.6 is 11.6 Å². The Labute approximate surface area is 167 Å². The molecule has 0 aromatic heterocycles.